The molecule has 220 valence electrons. The summed E-state index contributed by atoms with van der Waals surface area (Å²) in [7, 11) is 0. The second kappa shape index (κ2) is 15.0. The summed E-state index contributed by atoms with van der Waals surface area (Å²) < 4.78 is 19.2. The third kappa shape index (κ3) is 8.64. The maximum atomic E-state index is 13.3. The van der Waals surface area contributed by atoms with Crippen LogP contribution in [0.2, 0.25) is 0 Å². The summed E-state index contributed by atoms with van der Waals surface area (Å²) in [5, 5.41) is 21.6. The molecule has 15 nitrogen and oxygen atoms in total. The van der Waals surface area contributed by atoms with Crippen LogP contribution in [0.5, 0.6) is 0 Å². The first-order valence-electron chi connectivity index (χ1n) is 13.4. The Morgan fingerprint density at radius 1 is 1.07 bits per heavy atom. The van der Waals surface area contributed by atoms with Crippen molar-refractivity contribution in [3.63, 3.8) is 0 Å². The Morgan fingerprint density at radius 3 is 2.59 bits per heavy atom. The highest BCUT2D eigenvalue weighted by Gasteiger charge is 2.30. The summed E-state index contributed by atoms with van der Waals surface area (Å²) in [6.45, 7) is 5.41. The fourth-order valence-electron chi connectivity index (χ4n) is 4.21. The minimum atomic E-state index is -0.840. The number of nitrogens with zero attached hydrogens (tertiary/aromatic N) is 5. The van der Waals surface area contributed by atoms with Gasteiger partial charge in [-0.3, -0.25) is 24.5 Å². The zero-order chi connectivity index (χ0) is 29.0. The number of piperidine rings is 1. The predicted octanol–water partition coefficient (Wildman–Crippen LogP) is -0.236. The van der Waals surface area contributed by atoms with Crippen LogP contribution in [0.4, 0.5) is 5.69 Å². The van der Waals surface area contributed by atoms with E-state index in [1.165, 1.54) is 13.1 Å². The predicted molar refractivity (Wildman–Crippen MR) is 146 cm³/mol. The van der Waals surface area contributed by atoms with Gasteiger partial charge in [-0.1, -0.05) is 17.3 Å². The Bertz CT molecular complexity index is 1410. The number of fused-ring (bicyclic) bond motifs is 1. The fourth-order valence-corrected chi connectivity index (χ4v) is 4.21. The van der Waals surface area contributed by atoms with E-state index in [4.69, 9.17) is 14.2 Å². The molecule has 0 spiro atoms. The summed E-state index contributed by atoms with van der Waals surface area (Å²) in [6, 6.07) is 4.51. The number of aromatic nitrogens is 5. The highest BCUT2D eigenvalue weighted by Crippen LogP contribution is 2.22. The van der Waals surface area contributed by atoms with E-state index < -0.39 is 17.5 Å². The largest absolute Gasteiger partial charge is 0.379 e. The fraction of sp³-hybridized carbons (Fsp3) is 0.500. The third-order valence-corrected chi connectivity index (χ3v) is 6.22. The van der Waals surface area contributed by atoms with Gasteiger partial charge in [0.1, 0.15) is 11.7 Å². The lowest BCUT2D eigenvalue weighted by molar-refractivity contribution is -0.136. The van der Waals surface area contributed by atoms with Crippen molar-refractivity contribution in [3.05, 3.63) is 46.6 Å². The van der Waals surface area contributed by atoms with Crippen molar-refractivity contribution < 1.29 is 28.6 Å². The van der Waals surface area contributed by atoms with Gasteiger partial charge in [0.15, 0.2) is 0 Å². The number of hydrogen-bond acceptors (Lipinski definition) is 11. The average molecular weight is 571 g/mol. The molecule has 4 rings (SSSR count). The highest BCUT2D eigenvalue weighted by molar-refractivity contribution is 5.99. The van der Waals surface area contributed by atoms with Gasteiger partial charge >= 0.3 is 0 Å². The van der Waals surface area contributed by atoms with E-state index in [0.29, 0.717) is 81.4 Å². The van der Waals surface area contributed by atoms with Gasteiger partial charge in [0.25, 0.3) is 11.5 Å². The van der Waals surface area contributed by atoms with Crippen LogP contribution in [0.15, 0.2) is 35.4 Å². The van der Waals surface area contributed by atoms with E-state index in [1.807, 2.05) is 0 Å². The van der Waals surface area contributed by atoms with Crippen molar-refractivity contribution in [1.29, 1.82) is 0 Å². The van der Waals surface area contributed by atoms with Crippen molar-refractivity contribution in [3.8, 4) is 0 Å². The second-order valence-corrected chi connectivity index (χ2v) is 9.28. The van der Waals surface area contributed by atoms with Crippen molar-refractivity contribution in [2.45, 2.75) is 38.9 Å². The Kier molecular flexibility index (Phi) is 10.9. The van der Waals surface area contributed by atoms with Crippen molar-refractivity contribution in [2.75, 3.05) is 51.5 Å². The molecule has 1 aliphatic rings. The highest BCUT2D eigenvalue weighted by atomic mass is 16.5. The number of carbonyl (C=O) groups is 3. The smallest absolute Gasteiger partial charge is 0.277 e. The first-order chi connectivity index (χ1) is 19.9. The monoisotopic (exact) mass is 570 g/mol. The Labute approximate surface area is 235 Å². The number of ether oxygens (including phenoxy) is 3. The summed E-state index contributed by atoms with van der Waals surface area (Å²) >= 11 is 0. The van der Waals surface area contributed by atoms with Crippen LogP contribution in [0.1, 0.15) is 31.5 Å². The molecule has 1 atom stereocenters. The van der Waals surface area contributed by atoms with Crippen LogP contribution >= 0.6 is 0 Å². The molecule has 1 fully saturated rings. The Morgan fingerprint density at radius 2 is 1.83 bits per heavy atom. The van der Waals surface area contributed by atoms with Crippen LogP contribution in [0, 0.1) is 0 Å². The number of amides is 3. The molecule has 3 aromatic rings. The van der Waals surface area contributed by atoms with E-state index in [-0.39, 0.29) is 24.7 Å². The molecule has 1 aliphatic heterocycles. The molecule has 0 saturated carbocycles. The first kappa shape index (κ1) is 29.8. The van der Waals surface area contributed by atoms with Gasteiger partial charge in [0.2, 0.25) is 11.8 Å². The lowest BCUT2D eigenvalue weighted by atomic mass is 10.1. The van der Waals surface area contributed by atoms with Gasteiger partial charge in [-0.15, -0.1) is 5.10 Å². The standard InChI is InChI=1S/C26H34N8O7/c1-18(35)27-7-9-39-11-13-41-14-12-40-10-8-33-17-20(31-32-33)16-28-21-4-2-3-19-15-29-34(26(38)24(19)21)22-5-6-23(36)30-25(22)37/h2-4,15,17,22,28H,5-14,16H2,1H3,(H,27,35)(H,30,36,37). The second-order valence-electron chi connectivity index (χ2n) is 9.28. The van der Waals surface area contributed by atoms with E-state index in [0.717, 1.165) is 4.68 Å². The van der Waals surface area contributed by atoms with Crippen LogP contribution in [0.3, 0.4) is 0 Å². The zero-order valence-electron chi connectivity index (χ0n) is 22.8. The lowest BCUT2D eigenvalue weighted by Gasteiger charge is -2.22. The molecule has 15 heteroatoms. The number of hydrogen-bond donors (Lipinski definition) is 3. The Hall–Kier alpha value is -4.21. The first-order valence-corrected chi connectivity index (χ1v) is 13.4. The lowest BCUT2D eigenvalue weighted by Crippen LogP contribution is -2.45. The maximum Gasteiger partial charge on any atom is 0.277 e. The maximum absolute atomic E-state index is 13.3. The van der Waals surface area contributed by atoms with Gasteiger partial charge in [-0.05, 0) is 12.5 Å². The quantitative estimate of drug-likeness (QED) is 0.153. The van der Waals surface area contributed by atoms with E-state index >= 15 is 0 Å². The number of imide groups is 1. The van der Waals surface area contributed by atoms with E-state index in [9.17, 15) is 19.2 Å². The van der Waals surface area contributed by atoms with Gasteiger partial charge in [-0.2, -0.15) is 5.10 Å². The normalized spacial score (nSPS) is 15.2. The molecular weight excluding hydrogens is 536 g/mol. The SMILES string of the molecule is CC(=O)NCCOCCOCCOCCn1cc(CNc2cccc3cnn(C4CCC(=O)NC4=O)c(=O)c23)nn1. The minimum absolute atomic E-state index is 0.0821. The van der Waals surface area contributed by atoms with Crippen molar-refractivity contribution in [1.82, 2.24) is 35.4 Å². The molecule has 1 unspecified atom stereocenters. The molecule has 0 aliphatic carbocycles. The molecule has 3 N–H and O–H groups in total. The van der Waals surface area contributed by atoms with Gasteiger partial charge < -0.3 is 24.8 Å². The molecule has 1 aromatic carbocycles. The van der Waals surface area contributed by atoms with Gasteiger partial charge in [-0.25, -0.2) is 9.36 Å². The molecule has 0 radical (unpaired) electrons. The average Bonchev–Trinajstić information content (AvgIpc) is 3.40. The summed E-state index contributed by atoms with van der Waals surface area (Å²) in [5.74, 6) is -0.971. The molecule has 0 bridgehead atoms. The molecule has 1 saturated heterocycles. The molecule has 3 heterocycles. The minimum Gasteiger partial charge on any atom is -0.379 e. The van der Waals surface area contributed by atoms with Crippen molar-refractivity contribution in [2.24, 2.45) is 0 Å². The van der Waals surface area contributed by atoms with Crippen LogP contribution in [-0.2, 0) is 41.7 Å². The van der Waals surface area contributed by atoms with Crippen LogP contribution in [-0.4, -0.2) is 88.7 Å². The Balaban J connectivity index is 1.20. The van der Waals surface area contributed by atoms with Gasteiger partial charge in [0.05, 0.1) is 70.5 Å². The molecule has 41 heavy (non-hydrogen) atoms. The molecular formula is C26H34N8O7. The van der Waals surface area contributed by atoms with Gasteiger partial charge in [0, 0.05) is 31.0 Å². The molecule has 2 aromatic heterocycles. The van der Waals surface area contributed by atoms with Crippen LogP contribution in [0.25, 0.3) is 10.8 Å². The van der Waals surface area contributed by atoms with Crippen molar-refractivity contribution >= 4 is 34.2 Å². The number of benzene rings is 1. The topological polar surface area (TPSA) is 181 Å². The summed E-state index contributed by atoms with van der Waals surface area (Å²) in [6.07, 6.45) is 3.70. The summed E-state index contributed by atoms with van der Waals surface area (Å²) in [5.41, 5.74) is 0.828. The number of carbonyl (C=O) groups excluding carboxylic acids is 3. The third-order valence-electron chi connectivity index (χ3n) is 6.22. The van der Waals surface area contributed by atoms with Crippen LogP contribution < -0.4 is 21.5 Å². The molecule has 3 amide bonds. The number of rotatable bonds is 16. The zero-order valence-corrected chi connectivity index (χ0v) is 22.8. The number of anilines is 1. The van der Waals surface area contributed by atoms with E-state index in [2.05, 4.69) is 31.4 Å². The number of nitrogens with one attached hydrogen (secondary N) is 3. The summed E-state index contributed by atoms with van der Waals surface area (Å²) in [4.78, 5) is 47.9. The van der Waals surface area contributed by atoms with E-state index in [1.54, 1.807) is 29.1 Å².